The third kappa shape index (κ3) is 6.19. The number of likely N-dealkylation sites (tertiary alicyclic amines) is 2. The van der Waals surface area contributed by atoms with Crippen LogP contribution >= 0.6 is 11.6 Å². The lowest BCUT2D eigenvalue weighted by molar-refractivity contribution is -0.133. The molecule has 0 radical (unpaired) electrons. The maximum atomic E-state index is 12.7. The molecule has 0 aliphatic carbocycles. The lowest BCUT2D eigenvalue weighted by atomic mass is 9.92. The second-order valence-electron chi connectivity index (χ2n) is 8.69. The molecule has 2 amide bonds. The number of hydrogen-bond acceptors (Lipinski definition) is 3. The van der Waals surface area contributed by atoms with Gasteiger partial charge in [-0.1, -0.05) is 29.8 Å². The van der Waals surface area contributed by atoms with Gasteiger partial charge in [-0.2, -0.15) is 0 Å². The Morgan fingerprint density at radius 2 is 1.86 bits per heavy atom. The summed E-state index contributed by atoms with van der Waals surface area (Å²) >= 11 is 6.21. The molecule has 2 aliphatic heterocycles. The van der Waals surface area contributed by atoms with Crippen molar-refractivity contribution in [1.29, 1.82) is 0 Å². The molecule has 1 atom stereocenters. The Morgan fingerprint density at radius 1 is 1.14 bits per heavy atom. The highest BCUT2D eigenvalue weighted by molar-refractivity contribution is 6.31. The third-order valence-electron chi connectivity index (χ3n) is 6.57. The summed E-state index contributed by atoms with van der Waals surface area (Å²) in [7, 11) is 4.10. The van der Waals surface area contributed by atoms with Gasteiger partial charge in [0.15, 0.2) is 0 Å². The third-order valence-corrected chi connectivity index (χ3v) is 6.94. The second-order valence-corrected chi connectivity index (χ2v) is 9.10. The largest absolute Gasteiger partial charge is 0.343 e. The number of hydrogen-bond donors (Lipinski definition) is 0. The summed E-state index contributed by atoms with van der Waals surface area (Å²) in [6, 6.07) is 7.92. The van der Waals surface area contributed by atoms with E-state index in [-0.39, 0.29) is 11.8 Å². The summed E-state index contributed by atoms with van der Waals surface area (Å²) in [4.78, 5) is 31.7. The number of piperidine rings is 2. The first-order valence-corrected chi connectivity index (χ1v) is 11.3. The Hall–Kier alpha value is -1.59. The van der Waals surface area contributed by atoms with Gasteiger partial charge in [0.1, 0.15) is 0 Å². The summed E-state index contributed by atoms with van der Waals surface area (Å²) in [5.74, 6) is 0.797. The lowest BCUT2D eigenvalue weighted by Gasteiger charge is -2.36. The van der Waals surface area contributed by atoms with Crippen molar-refractivity contribution in [2.45, 2.75) is 51.0 Å². The SMILES string of the molecule is CN1CCC(N(C)C(=O)CC[C@@H]2CCCN(C(=O)Cc3ccccc3Cl)C2)CC1. The highest BCUT2D eigenvalue weighted by atomic mass is 35.5. The Balaban J connectivity index is 1.45. The summed E-state index contributed by atoms with van der Waals surface area (Å²) in [6.07, 6.45) is 6.04. The van der Waals surface area contributed by atoms with Crippen molar-refractivity contribution >= 4 is 23.4 Å². The molecular weight excluding hydrogens is 386 g/mol. The number of carbonyl (C=O) groups excluding carboxylic acids is 2. The van der Waals surface area contributed by atoms with E-state index in [1.807, 2.05) is 41.1 Å². The van der Waals surface area contributed by atoms with Crippen LogP contribution in [0.4, 0.5) is 0 Å². The monoisotopic (exact) mass is 419 g/mol. The number of halogens is 1. The van der Waals surface area contributed by atoms with Crippen LogP contribution in [0, 0.1) is 5.92 Å². The van der Waals surface area contributed by atoms with Crippen molar-refractivity contribution in [1.82, 2.24) is 14.7 Å². The fraction of sp³-hybridized carbons (Fsp3) is 0.652. The molecule has 2 fully saturated rings. The second kappa shape index (κ2) is 10.4. The van der Waals surface area contributed by atoms with Gasteiger partial charge in [0.2, 0.25) is 11.8 Å². The molecule has 0 spiro atoms. The number of rotatable bonds is 6. The molecule has 0 bridgehead atoms. The van der Waals surface area contributed by atoms with Gasteiger partial charge in [-0.3, -0.25) is 9.59 Å². The van der Waals surface area contributed by atoms with Crippen LogP contribution in [0.5, 0.6) is 0 Å². The van der Waals surface area contributed by atoms with Crippen LogP contribution in [-0.4, -0.2) is 72.8 Å². The lowest BCUT2D eigenvalue weighted by Crippen LogP contribution is -2.45. The minimum Gasteiger partial charge on any atom is -0.343 e. The van der Waals surface area contributed by atoms with E-state index in [9.17, 15) is 9.59 Å². The predicted molar refractivity (Wildman–Crippen MR) is 117 cm³/mol. The van der Waals surface area contributed by atoms with Gasteiger partial charge in [0.05, 0.1) is 6.42 Å². The number of benzene rings is 1. The quantitative estimate of drug-likeness (QED) is 0.709. The molecule has 0 saturated carbocycles. The number of nitrogens with zero attached hydrogens (tertiary/aromatic N) is 3. The normalized spacial score (nSPS) is 21.2. The zero-order chi connectivity index (χ0) is 20.8. The van der Waals surface area contributed by atoms with E-state index < -0.39 is 0 Å². The molecule has 3 rings (SSSR count). The Kier molecular flexibility index (Phi) is 7.96. The Bertz CT molecular complexity index is 703. The summed E-state index contributed by atoms with van der Waals surface area (Å²) in [5, 5.41) is 0.650. The van der Waals surface area contributed by atoms with E-state index in [0.717, 1.165) is 63.8 Å². The first kappa shape index (κ1) is 22.1. The maximum absolute atomic E-state index is 12.7. The number of amides is 2. The molecule has 1 aromatic carbocycles. The van der Waals surface area contributed by atoms with Crippen LogP contribution < -0.4 is 0 Å². The molecule has 2 saturated heterocycles. The van der Waals surface area contributed by atoms with E-state index in [1.54, 1.807) is 0 Å². The van der Waals surface area contributed by atoms with Crippen molar-refractivity contribution in [2.75, 3.05) is 40.3 Å². The van der Waals surface area contributed by atoms with E-state index in [0.29, 0.717) is 29.8 Å². The summed E-state index contributed by atoms with van der Waals surface area (Å²) in [6.45, 7) is 3.69. The molecule has 0 unspecified atom stereocenters. The molecule has 5 nitrogen and oxygen atoms in total. The Morgan fingerprint density at radius 3 is 2.59 bits per heavy atom. The highest BCUT2D eigenvalue weighted by Crippen LogP contribution is 2.24. The van der Waals surface area contributed by atoms with Crippen LogP contribution in [0.3, 0.4) is 0 Å². The van der Waals surface area contributed by atoms with Gasteiger partial charge >= 0.3 is 0 Å². The molecule has 2 heterocycles. The van der Waals surface area contributed by atoms with Crippen LogP contribution in [-0.2, 0) is 16.0 Å². The van der Waals surface area contributed by atoms with E-state index in [4.69, 9.17) is 11.6 Å². The average molecular weight is 420 g/mol. The van der Waals surface area contributed by atoms with Crippen LogP contribution in [0.1, 0.15) is 44.1 Å². The van der Waals surface area contributed by atoms with E-state index in [1.165, 1.54) is 0 Å². The molecule has 0 aromatic heterocycles. The molecule has 1 aromatic rings. The topological polar surface area (TPSA) is 43.9 Å². The van der Waals surface area contributed by atoms with Crippen LogP contribution in [0.15, 0.2) is 24.3 Å². The van der Waals surface area contributed by atoms with Gasteiger partial charge in [0.25, 0.3) is 0 Å². The molecular formula is C23H34ClN3O2. The fourth-order valence-electron chi connectivity index (χ4n) is 4.53. The van der Waals surface area contributed by atoms with Crippen molar-refractivity contribution in [3.8, 4) is 0 Å². The fourth-order valence-corrected chi connectivity index (χ4v) is 4.74. The van der Waals surface area contributed by atoms with Gasteiger partial charge in [-0.05, 0) is 69.8 Å². The van der Waals surface area contributed by atoms with Crippen LogP contribution in [0.25, 0.3) is 0 Å². The summed E-state index contributed by atoms with van der Waals surface area (Å²) < 4.78 is 0. The highest BCUT2D eigenvalue weighted by Gasteiger charge is 2.27. The average Bonchev–Trinajstić information content (AvgIpc) is 2.74. The molecule has 6 heteroatoms. The van der Waals surface area contributed by atoms with Gasteiger partial charge in [-0.25, -0.2) is 0 Å². The summed E-state index contributed by atoms with van der Waals surface area (Å²) in [5.41, 5.74) is 0.885. The van der Waals surface area contributed by atoms with Gasteiger partial charge < -0.3 is 14.7 Å². The molecule has 29 heavy (non-hydrogen) atoms. The zero-order valence-electron chi connectivity index (χ0n) is 17.8. The van der Waals surface area contributed by atoms with Crippen molar-refractivity contribution < 1.29 is 9.59 Å². The van der Waals surface area contributed by atoms with Crippen LogP contribution in [0.2, 0.25) is 5.02 Å². The van der Waals surface area contributed by atoms with Crippen molar-refractivity contribution in [2.24, 2.45) is 5.92 Å². The molecule has 2 aliphatic rings. The van der Waals surface area contributed by atoms with E-state index >= 15 is 0 Å². The van der Waals surface area contributed by atoms with E-state index in [2.05, 4.69) is 11.9 Å². The Labute approximate surface area is 180 Å². The first-order valence-electron chi connectivity index (χ1n) is 10.9. The smallest absolute Gasteiger partial charge is 0.227 e. The standard InChI is InChI=1S/C23H34ClN3O2/c1-25-14-11-20(12-15-25)26(2)22(28)10-9-18-6-5-13-27(17-18)23(29)16-19-7-3-4-8-21(19)24/h3-4,7-8,18,20H,5-6,9-17H2,1-2H3/t18-/m0/s1. The molecule has 160 valence electrons. The first-order chi connectivity index (χ1) is 13.9. The minimum atomic E-state index is 0.137. The zero-order valence-corrected chi connectivity index (χ0v) is 18.5. The van der Waals surface area contributed by atoms with Gasteiger partial charge in [-0.15, -0.1) is 0 Å². The number of carbonyl (C=O) groups is 2. The van der Waals surface area contributed by atoms with Crippen molar-refractivity contribution in [3.05, 3.63) is 34.9 Å². The van der Waals surface area contributed by atoms with Gasteiger partial charge in [0, 0.05) is 37.6 Å². The minimum absolute atomic E-state index is 0.137. The predicted octanol–water partition coefficient (Wildman–Crippen LogP) is 3.45. The molecule has 0 N–H and O–H groups in total. The maximum Gasteiger partial charge on any atom is 0.227 e. The van der Waals surface area contributed by atoms with Crippen molar-refractivity contribution in [3.63, 3.8) is 0 Å².